The van der Waals surface area contributed by atoms with Crippen molar-refractivity contribution in [3.05, 3.63) is 17.2 Å². The molecule has 0 aliphatic rings. The minimum Gasteiger partial charge on any atom is -0.302 e. The molecule has 1 atom stereocenters. The topological polar surface area (TPSA) is 63.1 Å². The summed E-state index contributed by atoms with van der Waals surface area (Å²) in [6.07, 6.45) is 0. The number of nitrogens with zero attached hydrogens (tertiary/aromatic N) is 2. The summed E-state index contributed by atoms with van der Waals surface area (Å²) in [6.45, 7) is 5.15. The van der Waals surface area contributed by atoms with Gasteiger partial charge in [0.25, 0.3) is 0 Å². The molecule has 0 fully saturated rings. The minimum absolute atomic E-state index is 0.320. The van der Waals surface area contributed by atoms with Crippen LogP contribution >= 0.6 is 0 Å². The van der Waals surface area contributed by atoms with Crippen LogP contribution in [-0.4, -0.2) is 18.7 Å². The molecule has 1 rings (SSSR count). The average molecular weight is 186 g/mol. The van der Waals surface area contributed by atoms with Crippen LogP contribution in [0.3, 0.4) is 0 Å². The van der Waals surface area contributed by atoms with Crippen molar-refractivity contribution < 1.29 is 8.76 Å². The molecule has 1 aromatic heterocycles. The molecule has 1 heterocycles. The van der Waals surface area contributed by atoms with E-state index in [2.05, 4.69) is 9.97 Å². The Balaban J connectivity index is 3.38. The highest BCUT2D eigenvalue weighted by Crippen LogP contribution is 2.12. The lowest BCUT2D eigenvalue weighted by Crippen LogP contribution is -2.03. The van der Waals surface area contributed by atoms with E-state index in [0.29, 0.717) is 22.1 Å². The zero-order valence-electron chi connectivity index (χ0n) is 7.16. The number of hydrogen-bond donors (Lipinski definition) is 1. The molecule has 1 N–H and O–H groups in total. The van der Waals surface area contributed by atoms with Crippen LogP contribution in [0.4, 0.5) is 0 Å². The molecular formula is C7H10N2O2S. The lowest BCUT2D eigenvalue weighted by atomic mass is 10.3. The zero-order chi connectivity index (χ0) is 9.30. The third-order valence-corrected chi connectivity index (χ3v) is 2.43. The van der Waals surface area contributed by atoms with E-state index in [1.165, 1.54) is 0 Å². The first-order valence-electron chi connectivity index (χ1n) is 3.45. The Bertz CT molecular complexity index is 315. The fourth-order valence-electron chi connectivity index (χ4n) is 1.13. The predicted molar refractivity (Wildman–Crippen MR) is 45.3 cm³/mol. The SMILES string of the molecule is Cc1nc(C)c(S(=O)O)c(C)n1. The Morgan fingerprint density at radius 1 is 1.17 bits per heavy atom. The Morgan fingerprint density at radius 2 is 1.58 bits per heavy atom. The molecule has 5 heteroatoms. The van der Waals surface area contributed by atoms with Gasteiger partial charge in [-0.25, -0.2) is 14.2 Å². The van der Waals surface area contributed by atoms with Gasteiger partial charge >= 0.3 is 0 Å². The van der Waals surface area contributed by atoms with Crippen molar-refractivity contribution in [2.24, 2.45) is 0 Å². The van der Waals surface area contributed by atoms with Gasteiger partial charge in [-0.05, 0) is 20.8 Å². The fourth-order valence-corrected chi connectivity index (χ4v) is 1.72. The molecule has 1 aromatic rings. The lowest BCUT2D eigenvalue weighted by molar-refractivity contribution is 0.561. The number of hydrogen-bond acceptors (Lipinski definition) is 3. The van der Waals surface area contributed by atoms with Crippen molar-refractivity contribution in [3.8, 4) is 0 Å². The molecule has 1 unspecified atom stereocenters. The first kappa shape index (κ1) is 9.28. The van der Waals surface area contributed by atoms with E-state index in [9.17, 15) is 4.21 Å². The van der Waals surface area contributed by atoms with Crippen LogP contribution in [0.2, 0.25) is 0 Å². The van der Waals surface area contributed by atoms with Crippen LogP contribution in [0.1, 0.15) is 17.2 Å². The summed E-state index contributed by atoms with van der Waals surface area (Å²) >= 11 is -1.99. The molecule has 0 aliphatic heterocycles. The maximum absolute atomic E-state index is 10.8. The monoisotopic (exact) mass is 186 g/mol. The summed E-state index contributed by atoms with van der Waals surface area (Å²) in [5.41, 5.74) is 1.14. The zero-order valence-corrected chi connectivity index (χ0v) is 7.97. The van der Waals surface area contributed by atoms with Gasteiger partial charge in [0, 0.05) is 0 Å². The molecule has 4 nitrogen and oxygen atoms in total. The van der Waals surface area contributed by atoms with Crippen molar-refractivity contribution in [2.45, 2.75) is 25.7 Å². The molecule has 0 saturated heterocycles. The molecule has 0 amide bonds. The molecule has 0 bridgehead atoms. The number of rotatable bonds is 1. The number of aromatic nitrogens is 2. The third-order valence-electron chi connectivity index (χ3n) is 1.49. The van der Waals surface area contributed by atoms with E-state index >= 15 is 0 Å². The highest BCUT2D eigenvalue weighted by atomic mass is 32.2. The van der Waals surface area contributed by atoms with Crippen LogP contribution in [-0.2, 0) is 11.1 Å². The van der Waals surface area contributed by atoms with Gasteiger partial charge in [0.2, 0.25) is 0 Å². The molecule has 0 spiro atoms. The van der Waals surface area contributed by atoms with Crippen LogP contribution in [0.15, 0.2) is 4.90 Å². The van der Waals surface area contributed by atoms with Crippen LogP contribution < -0.4 is 0 Å². The maximum atomic E-state index is 10.8. The Morgan fingerprint density at radius 3 is 1.92 bits per heavy atom. The molecule has 0 aliphatic carbocycles. The van der Waals surface area contributed by atoms with Crippen molar-refractivity contribution >= 4 is 11.1 Å². The first-order chi connectivity index (χ1) is 5.52. The highest BCUT2D eigenvalue weighted by molar-refractivity contribution is 7.79. The number of aryl methyl sites for hydroxylation is 3. The fraction of sp³-hybridized carbons (Fsp3) is 0.429. The average Bonchev–Trinajstić information content (AvgIpc) is 1.82. The Labute approximate surface area is 73.3 Å². The molecule has 0 saturated carbocycles. The van der Waals surface area contributed by atoms with Crippen LogP contribution in [0.5, 0.6) is 0 Å². The summed E-state index contributed by atoms with van der Waals surface area (Å²) in [5, 5.41) is 0. The van der Waals surface area contributed by atoms with E-state index in [1.54, 1.807) is 20.8 Å². The van der Waals surface area contributed by atoms with Gasteiger partial charge in [-0.2, -0.15) is 0 Å². The summed E-state index contributed by atoms with van der Waals surface area (Å²) in [7, 11) is 0. The van der Waals surface area contributed by atoms with E-state index in [-0.39, 0.29) is 0 Å². The summed E-state index contributed by atoms with van der Waals surface area (Å²) in [6, 6.07) is 0. The van der Waals surface area contributed by atoms with Gasteiger partial charge in [-0.1, -0.05) is 0 Å². The first-order valence-corrected chi connectivity index (χ1v) is 4.55. The van der Waals surface area contributed by atoms with Crippen LogP contribution in [0.25, 0.3) is 0 Å². The smallest absolute Gasteiger partial charge is 0.190 e. The normalized spacial score (nSPS) is 13.0. The standard InChI is InChI=1S/C7H10N2O2S/c1-4-7(12(10)11)5(2)9-6(3)8-4/h1-3H3,(H,10,11). The van der Waals surface area contributed by atoms with Crippen molar-refractivity contribution in [1.82, 2.24) is 9.97 Å². The van der Waals surface area contributed by atoms with E-state index in [1.807, 2.05) is 0 Å². The molecule has 0 aromatic carbocycles. The van der Waals surface area contributed by atoms with Gasteiger partial charge in [-0.15, -0.1) is 0 Å². The van der Waals surface area contributed by atoms with Crippen molar-refractivity contribution in [1.29, 1.82) is 0 Å². The maximum Gasteiger partial charge on any atom is 0.190 e. The van der Waals surface area contributed by atoms with Crippen molar-refractivity contribution in [3.63, 3.8) is 0 Å². The molecule has 66 valence electrons. The van der Waals surface area contributed by atoms with Gasteiger partial charge in [-0.3, -0.25) is 0 Å². The summed E-state index contributed by atoms with van der Waals surface area (Å²) in [5.74, 6) is 0.624. The van der Waals surface area contributed by atoms with Crippen LogP contribution in [0, 0.1) is 20.8 Å². The predicted octanol–water partition coefficient (Wildman–Crippen LogP) is 0.982. The quantitative estimate of drug-likeness (QED) is 0.664. The van der Waals surface area contributed by atoms with Gasteiger partial charge < -0.3 is 4.55 Å². The second-order valence-electron chi connectivity index (χ2n) is 2.52. The van der Waals surface area contributed by atoms with E-state index in [0.717, 1.165) is 0 Å². The Kier molecular flexibility index (Phi) is 2.54. The second-order valence-corrected chi connectivity index (χ2v) is 3.43. The molecular weight excluding hydrogens is 176 g/mol. The molecule has 12 heavy (non-hydrogen) atoms. The summed E-state index contributed by atoms with van der Waals surface area (Å²) in [4.78, 5) is 8.30. The summed E-state index contributed by atoms with van der Waals surface area (Å²) < 4.78 is 19.7. The van der Waals surface area contributed by atoms with E-state index in [4.69, 9.17) is 4.55 Å². The minimum atomic E-state index is -1.99. The Hall–Kier alpha value is -0.810. The lowest BCUT2D eigenvalue weighted by Gasteiger charge is -2.04. The molecule has 0 radical (unpaired) electrons. The van der Waals surface area contributed by atoms with Gasteiger partial charge in [0.15, 0.2) is 11.1 Å². The van der Waals surface area contributed by atoms with E-state index < -0.39 is 11.1 Å². The van der Waals surface area contributed by atoms with Gasteiger partial charge in [0.05, 0.1) is 11.4 Å². The second kappa shape index (κ2) is 3.28. The third kappa shape index (κ3) is 1.67. The highest BCUT2D eigenvalue weighted by Gasteiger charge is 2.10. The largest absolute Gasteiger partial charge is 0.302 e. The van der Waals surface area contributed by atoms with Crippen molar-refractivity contribution in [2.75, 3.05) is 0 Å². The van der Waals surface area contributed by atoms with Gasteiger partial charge in [0.1, 0.15) is 10.7 Å².